The van der Waals surface area contributed by atoms with Crippen LogP contribution in [-0.2, 0) is 0 Å². The molecule has 2 N–H and O–H groups in total. The number of hydrazine groups is 1. The van der Waals surface area contributed by atoms with E-state index in [0.29, 0.717) is 3.72 Å². The number of rotatable bonds is 2. The number of nitrogens with one attached hydrogen (secondary N) is 2. The molecule has 0 aromatic rings. The molecule has 58 valence electrons. The Morgan fingerprint density at radius 1 is 1.82 bits per heavy atom. The minimum Gasteiger partial charge on any atom is -0.302 e. The zero-order valence-corrected chi connectivity index (χ0v) is 8.00. The summed E-state index contributed by atoms with van der Waals surface area (Å²) in [5.41, 5.74) is 3.73. The lowest BCUT2D eigenvalue weighted by atomic mass is 10.3. The molecule has 0 saturated heterocycles. The van der Waals surface area contributed by atoms with Crippen molar-refractivity contribution in [3.63, 3.8) is 0 Å². The van der Waals surface area contributed by atoms with Crippen LogP contribution >= 0.6 is 22.6 Å². The van der Waals surface area contributed by atoms with E-state index in [2.05, 4.69) is 12.0 Å². The molecule has 0 aromatic carbocycles. The molecule has 0 fully saturated rings. The lowest BCUT2D eigenvalue weighted by Gasteiger charge is -2.23. The molecule has 0 amide bonds. The van der Waals surface area contributed by atoms with Gasteiger partial charge >= 0.3 is 0 Å². The minimum atomic E-state index is 0.486. The second kappa shape index (κ2) is 3.56. The van der Waals surface area contributed by atoms with E-state index < -0.39 is 0 Å². The number of nitrogens with zero attached hydrogens (tertiary/aromatic N) is 1. The lowest BCUT2D eigenvalue weighted by Crippen LogP contribution is -2.31. The topological polar surface area (TPSA) is 39.1 Å². The van der Waals surface area contributed by atoms with Gasteiger partial charge in [-0.2, -0.15) is 0 Å². The maximum Gasteiger partial charge on any atom is 0.118 e. The van der Waals surface area contributed by atoms with Crippen LogP contribution in [0.5, 0.6) is 0 Å². The molecule has 0 radical (unpaired) electrons. The Labute approximate surface area is 79.1 Å². The molecule has 1 aliphatic heterocycles. The Balaban J connectivity index is 2.86. The first-order valence-electron chi connectivity index (χ1n) is 3.05. The second-order valence-electron chi connectivity index (χ2n) is 1.91. The summed E-state index contributed by atoms with van der Waals surface area (Å²) in [6, 6.07) is 0. The summed E-state index contributed by atoms with van der Waals surface area (Å²) in [7, 11) is 0. The van der Waals surface area contributed by atoms with Crippen LogP contribution in [0.25, 0.3) is 0 Å². The fourth-order valence-electron chi connectivity index (χ4n) is 0.742. The Bertz CT molecular complexity index is 242. The van der Waals surface area contributed by atoms with Crippen molar-refractivity contribution in [1.29, 1.82) is 5.41 Å². The predicted octanol–water partition coefficient (Wildman–Crippen LogP) is 1.76. The molecule has 4 heteroatoms. The summed E-state index contributed by atoms with van der Waals surface area (Å²) in [6.07, 6.45) is 7.11. The third kappa shape index (κ3) is 1.83. The van der Waals surface area contributed by atoms with Crippen LogP contribution in [0.3, 0.4) is 0 Å². The van der Waals surface area contributed by atoms with Crippen LogP contribution in [0.1, 0.15) is 0 Å². The van der Waals surface area contributed by atoms with Crippen molar-refractivity contribution in [2.75, 3.05) is 0 Å². The van der Waals surface area contributed by atoms with Crippen molar-refractivity contribution in [3.05, 3.63) is 36.8 Å². The highest BCUT2D eigenvalue weighted by atomic mass is 127. The Kier molecular flexibility index (Phi) is 2.70. The third-order valence-corrected chi connectivity index (χ3v) is 1.78. The van der Waals surface area contributed by atoms with Gasteiger partial charge in [0.05, 0.1) is 5.70 Å². The summed E-state index contributed by atoms with van der Waals surface area (Å²) in [5.74, 6) is 0. The summed E-state index contributed by atoms with van der Waals surface area (Å²) >= 11 is 1.95. The normalized spacial score (nSPS) is 15.4. The van der Waals surface area contributed by atoms with Crippen LogP contribution in [-0.4, -0.2) is 8.73 Å². The molecule has 1 heterocycles. The largest absolute Gasteiger partial charge is 0.302 e. The quantitative estimate of drug-likeness (QED) is 0.587. The molecule has 0 aromatic heterocycles. The van der Waals surface area contributed by atoms with E-state index in [0.717, 1.165) is 5.70 Å². The molecule has 1 rings (SSSR count). The van der Waals surface area contributed by atoms with Gasteiger partial charge in [-0.25, -0.2) is 0 Å². The molecule has 0 aliphatic carbocycles. The summed E-state index contributed by atoms with van der Waals surface area (Å²) < 4.78 is 0.486. The fraction of sp³-hybridized carbons (Fsp3) is 0. The van der Waals surface area contributed by atoms with E-state index in [-0.39, 0.29) is 0 Å². The van der Waals surface area contributed by atoms with Gasteiger partial charge in [0.2, 0.25) is 0 Å². The Morgan fingerprint density at radius 2 is 2.55 bits per heavy atom. The van der Waals surface area contributed by atoms with Crippen molar-refractivity contribution >= 4 is 26.3 Å². The van der Waals surface area contributed by atoms with E-state index in [1.807, 2.05) is 34.7 Å². The number of allylic oxidation sites excluding steroid dienone is 3. The highest BCUT2D eigenvalue weighted by Gasteiger charge is 2.08. The number of hydrogen-bond donors (Lipinski definition) is 2. The average molecular weight is 261 g/mol. The first-order valence-corrected chi connectivity index (χ1v) is 4.13. The number of halogens is 1. The van der Waals surface area contributed by atoms with E-state index in [4.69, 9.17) is 5.41 Å². The SMILES string of the molecule is C=CN1NC=CC=C1C(=N)I. The smallest absolute Gasteiger partial charge is 0.118 e. The van der Waals surface area contributed by atoms with Gasteiger partial charge in [0, 0.05) is 12.4 Å². The van der Waals surface area contributed by atoms with E-state index in [1.54, 1.807) is 17.4 Å². The Hall–Kier alpha value is -0.780. The van der Waals surface area contributed by atoms with E-state index in [9.17, 15) is 0 Å². The van der Waals surface area contributed by atoms with Crippen molar-refractivity contribution in [2.24, 2.45) is 0 Å². The average Bonchev–Trinajstić information content (AvgIpc) is 2.04. The standard InChI is InChI=1S/C7H8IN3/c1-2-11-6(7(8)9)4-3-5-10-11/h2-5,9-10H,1H2. The summed E-state index contributed by atoms with van der Waals surface area (Å²) in [6.45, 7) is 3.61. The van der Waals surface area contributed by atoms with Gasteiger partial charge in [0.25, 0.3) is 0 Å². The van der Waals surface area contributed by atoms with Crippen LogP contribution in [0, 0.1) is 5.41 Å². The molecule has 0 unspecified atom stereocenters. The van der Waals surface area contributed by atoms with Crippen molar-refractivity contribution in [1.82, 2.24) is 10.4 Å². The van der Waals surface area contributed by atoms with E-state index >= 15 is 0 Å². The maximum absolute atomic E-state index is 7.38. The molecule has 0 saturated carbocycles. The van der Waals surface area contributed by atoms with E-state index in [1.165, 1.54) is 0 Å². The summed E-state index contributed by atoms with van der Waals surface area (Å²) in [5, 5.41) is 9.07. The van der Waals surface area contributed by atoms with Gasteiger partial charge in [-0.1, -0.05) is 6.58 Å². The zero-order chi connectivity index (χ0) is 8.27. The maximum atomic E-state index is 7.38. The minimum absolute atomic E-state index is 0.486. The van der Waals surface area contributed by atoms with Gasteiger partial charge in [-0.05, 0) is 34.7 Å². The first kappa shape index (κ1) is 8.32. The van der Waals surface area contributed by atoms with Crippen LogP contribution < -0.4 is 5.43 Å². The monoisotopic (exact) mass is 261 g/mol. The first-order chi connectivity index (χ1) is 5.25. The molecule has 11 heavy (non-hydrogen) atoms. The lowest BCUT2D eigenvalue weighted by molar-refractivity contribution is 0.412. The van der Waals surface area contributed by atoms with Gasteiger partial charge in [-0.3, -0.25) is 10.4 Å². The summed E-state index contributed by atoms with van der Waals surface area (Å²) in [4.78, 5) is 0. The Morgan fingerprint density at radius 3 is 3.00 bits per heavy atom. The molecule has 0 spiro atoms. The molecular weight excluding hydrogens is 253 g/mol. The van der Waals surface area contributed by atoms with Crippen molar-refractivity contribution in [2.45, 2.75) is 0 Å². The molecule has 3 nitrogen and oxygen atoms in total. The fourth-order valence-corrected chi connectivity index (χ4v) is 1.18. The highest BCUT2D eigenvalue weighted by molar-refractivity contribution is 14.1. The van der Waals surface area contributed by atoms with Crippen LogP contribution in [0.4, 0.5) is 0 Å². The van der Waals surface area contributed by atoms with Gasteiger partial charge < -0.3 is 5.43 Å². The molecule has 0 bridgehead atoms. The second-order valence-corrected chi connectivity index (χ2v) is 2.99. The van der Waals surface area contributed by atoms with Crippen molar-refractivity contribution in [3.8, 4) is 0 Å². The van der Waals surface area contributed by atoms with Gasteiger partial charge in [0.15, 0.2) is 0 Å². The van der Waals surface area contributed by atoms with Gasteiger partial charge in [-0.15, -0.1) is 0 Å². The van der Waals surface area contributed by atoms with Gasteiger partial charge in [0.1, 0.15) is 3.72 Å². The third-order valence-electron chi connectivity index (χ3n) is 1.23. The molecule has 0 atom stereocenters. The molecule has 1 aliphatic rings. The van der Waals surface area contributed by atoms with Crippen LogP contribution in [0.15, 0.2) is 36.8 Å². The number of hydrogen-bond acceptors (Lipinski definition) is 3. The molecular formula is C7H8IN3. The predicted molar refractivity (Wildman–Crippen MR) is 54.1 cm³/mol. The highest BCUT2D eigenvalue weighted by Crippen LogP contribution is 2.11. The van der Waals surface area contributed by atoms with Crippen molar-refractivity contribution < 1.29 is 0 Å². The van der Waals surface area contributed by atoms with Crippen LogP contribution in [0.2, 0.25) is 0 Å². The zero-order valence-electron chi connectivity index (χ0n) is 5.84.